The van der Waals surface area contributed by atoms with Crippen molar-refractivity contribution in [3.63, 3.8) is 0 Å². The molecule has 0 bridgehead atoms. The molecular formula is C13H30N2. The van der Waals surface area contributed by atoms with Crippen LogP contribution in [0.3, 0.4) is 0 Å². The van der Waals surface area contributed by atoms with Crippen molar-refractivity contribution in [2.45, 2.75) is 72.0 Å². The summed E-state index contributed by atoms with van der Waals surface area (Å²) in [5, 5.41) is 3.36. The second-order valence-corrected chi connectivity index (χ2v) is 4.67. The summed E-state index contributed by atoms with van der Waals surface area (Å²) in [6, 6.07) is 1.88. The molecule has 0 saturated heterocycles. The van der Waals surface area contributed by atoms with Crippen molar-refractivity contribution >= 4 is 0 Å². The van der Waals surface area contributed by atoms with E-state index in [1.807, 2.05) is 0 Å². The molecule has 0 aliphatic carbocycles. The monoisotopic (exact) mass is 214 g/mol. The van der Waals surface area contributed by atoms with Crippen molar-refractivity contribution < 1.29 is 0 Å². The van der Waals surface area contributed by atoms with E-state index in [1.54, 1.807) is 0 Å². The van der Waals surface area contributed by atoms with Gasteiger partial charge in [-0.2, -0.15) is 0 Å². The minimum atomic E-state index is 0.566. The van der Waals surface area contributed by atoms with Gasteiger partial charge in [0.2, 0.25) is 0 Å². The molecule has 1 N–H and O–H groups in total. The maximum absolute atomic E-state index is 3.36. The van der Waals surface area contributed by atoms with Gasteiger partial charge in [-0.05, 0) is 47.2 Å². The van der Waals surface area contributed by atoms with Crippen LogP contribution in [0.15, 0.2) is 0 Å². The van der Waals surface area contributed by atoms with E-state index >= 15 is 0 Å². The fourth-order valence-corrected chi connectivity index (χ4v) is 1.93. The van der Waals surface area contributed by atoms with E-state index < -0.39 is 0 Å². The Morgan fingerprint density at radius 2 is 1.73 bits per heavy atom. The van der Waals surface area contributed by atoms with Crippen LogP contribution in [0.25, 0.3) is 0 Å². The summed E-state index contributed by atoms with van der Waals surface area (Å²) in [4.78, 5) is 2.64. The van der Waals surface area contributed by atoms with Crippen LogP contribution in [0.1, 0.15) is 53.9 Å². The first-order valence-corrected chi connectivity index (χ1v) is 6.51. The van der Waals surface area contributed by atoms with Crippen molar-refractivity contribution in [2.75, 3.05) is 13.6 Å². The average Bonchev–Trinajstić information content (AvgIpc) is 2.27. The van der Waals surface area contributed by atoms with Crippen LogP contribution in [0.4, 0.5) is 0 Å². The highest BCUT2D eigenvalue weighted by molar-refractivity contribution is 4.80. The Balaban J connectivity index is 4.32. The molecule has 0 spiro atoms. The molecule has 0 aromatic carbocycles. The molecule has 0 aliphatic heterocycles. The van der Waals surface area contributed by atoms with Crippen LogP contribution in [0.2, 0.25) is 0 Å². The SMILES string of the molecule is CCCCN(C(C)CC)C(C)C(C)NC. The van der Waals surface area contributed by atoms with E-state index in [1.165, 1.54) is 25.8 Å². The first kappa shape index (κ1) is 14.9. The zero-order chi connectivity index (χ0) is 11.8. The highest BCUT2D eigenvalue weighted by Gasteiger charge is 2.21. The van der Waals surface area contributed by atoms with Crippen LogP contribution in [0.5, 0.6) is 0 Å². The van der Waals surface area contributed by atoms with Crippen molar-refractivity contribution in [1.29, 1.82) is 0 Å². The van der Waals surface area contributed by atoms with E-state index in [0.29, 0.717) is 18.1 Å². The molecule has 0 radical (unpaired) electrons. The number of rotatable bonds is 8. The highest BCUT2D eigenvalue weighted by atomic mass is 15.2. The lowest BCUT2D eigenvalue weighted by atomic mass is 10.1. The Morgan fingerprint density at radius 1 is 1.13 bits per heavy atom. The lowest BCUT2D eigenvalue weighted by Gasteiger charge is -2.37. The van der Waals surface area contributed by atoms with Gasteiger partial charge in [0.25, 0.3) is 0 Å². The number of nitrogens with zero attached hydrogens (tertiary/aromatic N) is 1. The lowest BCUT2D eigenvalue weighted by Crippen LogP contribution is -2.49. The Kier molecular flexibility index (Phi) is 8.07. The number of hydrogen-bond acceptors (Lipinski definition) is 2. The minimum Gasteiger partial charge on any atom is -0.316 e. The predicted molar refractivity (Wildman–Crippen MR) is 69.4 cm³/mol. The van der Waals surface area contributed by atoms with E-state index in [9.17, 15) is 0 Å². The zero-order valence-electron chi connectivity index (χ0n) is 11.5. The van der Waals surface area contributed by atoms with E-state index in [2.05, 4.69) is 51.9 Å². The number of unbranched alkanes of at least 4 members (excludes halogenated alkanes) is 1. The summed E-state index contributed by atoms with van der Waals surface area (Å²) in [5.41, 5.74) is 0. The molecule has 92 valence electrons. The molecule has 3 atom stereocenters. The molecule has 0 aromatic rings. The largest absolute Gasteiger partial charge is 0.316 e. The van der Waals surface area contributed by atoms with E-state index in [-0.39, 0.29) is 0 Å². The van der Waals surface area contributed by atoms with Gasteiger partial charge in [-0.15, -0.1) is 0 Å². The number of nitrogens with one attached hydrogen (secondary N) is 1. The fraction of sp³-hybridized carbons (Fsp3) is 1.00. The number of likely N-dealkylation sites (N-methyl/N-ethyl adjacent to an activating group) is 1. The second-order valence-electron chi connectivity index (χ2n) is 4.67. The third kappa shape index (κ3) is 4.98. The quantitative estimate of drug-likeness (QED) is 0.668. The third-order valence-corrected chi connectivity index (χ3v) is 3.63. The van der Waals surface area contributed by atoms with Gasteiger partial charge < -0.3 is 5.32 Å². The molecule has 0 fully saturated rings. The molecule has 2 heteroatoms. The highest BCUT2D eigenvalue weighted by Crippen LogP contribution is 2.13. The molecule has 0 aliphatic rings. The third-order valence-electron chi connectivity index (χ3n) is 3.63. The zero-order valence-corrected chi connectivity index (χ0v) is 11.5. The van der Waals surface area contributed by atoms with Gasteiger partial charge in [-0.25, -0.2) is 0 Å². The van der Waals surface area contributed by atoms with Gasteiger partial charge >= 0.3 is 0 Å². The van der Waals surface area contributed by atoms with Gasteiger partial charge in [0.1, 0.15) is 0 Å². The molecule has 0 saturated carbocycles. The van der Waals surface area contributed by atoms with E-state index in [0.717, 1.165) is 0 Å². The van der Waals surface area contributed by atoms with Crippen molar-refractivity contribution in [2.24, 2.45) is 0 Å². The summed E-state index contributed by atoms with van der Waals surface area (Å²) in [7, 11) is 2.05. The summed E-state index contributed by atoms with van der Waals surface area (Å²) in [6.07, 6.45) is 3.84. The Bertz CT molecular complexity index is 147. The van der Waals surface area contributed by atoms with Crippen molar-refractivity contribution in [3.05, 3.63) is 0 Å². The van der Waals surface area contributed by atoms with Gasteiger partial charge in [-0.3, -0.25) is 4.90 Å². The van der Waals surface area contributed by atoms with Gasteiger partial charge in [0.05, 0.1) is 0 Å². The molecule has 0 rings (SSSR count). The molecule has 0 heterocycles. The van der Waals surface area contributed by atoms with Crippen LogP contribution >= 0.6 is 0 Å². The second kappa shape index (κ2) is 8.12. The van der Waals surface area contributed by atoms with Crippen LogP contribution in [-0.4, -0.2) is 36.6 Å². The first-order valence-electron chi connectivity index (χ1n) is 6.51. The predicted octanol–water partition coefficient (Wildman–Crippen LogP) is 2.88. The summed E-state index contributed by atoms with van der Waals surface area (Å²) < 4.78 is 0. The Labute approximate surface area is 96.4 Å². The maximum atomic E-state index is 3.36. The van der Waals surface area contributed by atoms with Crippen LogP contribution in [-0.2, 0) is 0 Å². The fourth-order valence-electron chi connectivity index (χ4n) is 1.93. The summed E-state index contributed by atoms with van der Waals surface area (Å²) >= 11 is 0. The maximum Gasteiger partial charge on any atom is 0.0221 e. The molecular weight excluding hydrogens is 184 g/mol. The molecule has 0 aromatic heterocycles. The summed E-state index contributed by atoms with van der Waals surface area (Å²) in [5.74, 6) is 0. The Morgan fingerprint density at radius 3 is 2.13 bits per heavy atom. The van der Waals surface area contributed by atoms with Crippen LogP contribution in [0, 0.1) is 0 Å². The van der Waals surface area contributed by atoms with Gasteiger partial charge in [-0.1, -0.05) is 20.3 Å². The van der Waals surface area contributed by atoms with Crippen molar-refractivity contribution in [1.82, 2.24) is 10.2 Å². The molecule has 15 heavy (non-hydrogen) atoms. The minimum absolute atomic E-state index is 0.566. The first-order chi connectivity index (χ1) is 7.08. The van der Waals surface area contributed by atoms with Crippen molar-refractivity contribution in [3.8, 4) is 0 Å². The van der Waals surface area contributed by atoms with Crippen LogP contribution < -0.4 is 5.32 Å². The van der Waals surface area contributed by atoms with Gasteiger partial charge in [0.15, 0.2) is 0 Å². The summed E-state index contributed by atoms with van der Waals surface area (Å²) in [6.45, 7) is 12.7. The Hall–Kier alpha value is -0.0800. The molecule has 3 unspecified atom stereocenters. The lowest BCUT2D eigenvalue weighted by molar-refractivity contribution is 0.125. The van der Waals surface area contributed by atoms with Gasteiger partial charge in [0, 0.05) is 18.1 Å². The molecule has 0 amide bonds. The standard InChI is InChI=1S/C13H30N2/c1-7-9-10-15(11(3)8-2)13(5)12(4)14-6/h11-14H,7-10H2,1-6H3. The average molecular weight is 214 g/mol. The van der Waals surface area contributed by atoms with E-state index in [4.69, 9.17) is 0 Å². The topological polar surface area (TPSA) is 15.3 Å². The molecule has 2 nitrogen and oxygen atoms in total. The normalized spacial score (nSPS) is 17.8. The number of hydrogen-bond donors (Lipinski definition) is 1. The smallest absolute Gasteiger partial charge is 0.0221 e.